The van der Waals surface area contributed by atoms with E-state index in [0.717, 1.165) is 6.42 Å². The SMILES string of the molecule is CNS(=O)(=O)C[C@H]1CCCN1C(=O)c1cccc(Cl)c1. The summed E-state index contributed by atoms with van der Waals surface area (Å²) >= 11 is 5.88. The molecule has 1 saturated heterocycles. The minimum Gasteiger partial charge on any atom is -0.335 e. The summed E-state index contributed by atoms with van der Waals surface area (Å²) in [4.78, 5) is 14.1. The Bertz CT molecular complexity index is 603. The molecule has 1 aliphatic heterocycles. The molecule has 7 heteroatoms. The molecule has 0 radical (unpaired) electrons. The molecule has 1 heterocycles. The minimum atomic E-state index is -3.33. The standard InChI is InChI=1S/C13H17ClN2O3S/c1-15-20(18,19)9-12-6-3-7-16(12)13(17)10-4-2-5-11(14)8-10/h2,4-5,8,12,15H,3,6-7,9H2,1H3/t12-/m1/s1. The van der Waals surface area contributed by atoms with Crippen LogP contribution in [-0.4, -0.2) is 44.6 Å². The van der Waals surface area contributed by atoms with E-state index in [1.807, 2.05) is 0 Å². The van der Waals surface area contributed by atoms with Crippen LogP contribution in [0.15, 0.2) is 24.3 Å². The molecule has 1 N–H and O–H groups in total. The molecule has 0 saturated carbocycles. The number of nitrogens with one attached hydrogen (secondary N) is 1. The highest BCUT2D eigenvalue weighted by molar-refractivity contribution is 7.89. The highest BCUT2D eigenvalue weighted by Gasteiger charge is 2.32. The number of nitrogens with zero attached hydrogens (tertiary/aromatic N) is 1. The van der Waals surface area contributed by atoms with E-state index in [4.69, 9.17) is 11.6 Å². The Morgan fingerprint density at radius 3 is 2.90 bits per heavy atom. The zero-order chi connectivity index (χ0) is 14.8. The molecule has 20 heavy (non-hydrogen) atoms. The maximum atomic E-state index is 12.4. The van der Waals surface area contributed by atoms with Gasteiger partial charge in [0.2, 0.25) is 10.0 Å². The van der Waals surface area contributed by atoms with Gasteiger partial charge in [-0.05, 0) is 38.1 Å². The van der Waals surface area contributed by atoms with Gasteiger partial charge in [-0.1, -0.05) is 17.7 Å². The minimum absolute atomic E-state index is 0.0597. The van der Waals surface area contributed by atoms with Gasteiger partial charge in [-0.2, -0.15) is 0 Å². The Labute approximate surface area is 124 Å². The van der Waals surface area contributed by atoms with Gasteiger partial charge in [0.15, 0.2) is 0 Å². The Balaban J connectivity index is 2.17. The van der Waals surface area contributed by atoms with E-state index in [9.17, 15) is 13.2 Å². The van der Waals surface area contributed by atoms with E-state index in [1.54, 1.807) is 29.2 Å². The first-order chi connectivity index (χ1) is 9.43. The maximum absolute atomic E-state index is 12.4. The summed E-state index contributed by atoms with van der Waals surface area (Å²) < 4.78 is 25.6. The molecule has 1 fully saturated rings. The van der Waals surface area contributed by atoms with E-state index in [2.05, 4.69) is 4.72 Å². The van der Waals surface area contributed by atoms with Crippen molar-refractivity contribution in [2.24, 2.45) is 0 Å². The number of amides is 1. The van der Waals surface area contributed by atoms with E-state index >= 15 is 0 Å². The van der Waals surface area contributed by atoms with Crippen LogP contribution in [0.3, 0.4) is 0 Å². The molecular formula is C13H17ClN2O3S. The summed E-state index contributed by atoms with van der Waals surface area (Å²) in [6.07, 6.45) is 1.52. The second kappa shape index (κ2) is 6.11. The average Bonchev–Trinajstić information content (AvgIpc) is 2.85. The van der Waals surface area contributed by atoms with Crippen molar-refractivity contribution >= 4 is 27.5 Å². The maximum Gasteiger partial charge on any atom is 0.254 e. The van der Waals surface area contributed by atoms with Crippen molar-refractivity contribution < 1.29 is 13.2 Å². The lowest BCUT2D eigenvalue weighted by Gasteiger charge is -2.24. The van der Waals surface area contributed by atoms with Crippen LogP contribution in [0.1, 0.15) is 23.2 Å². The molecule has 1 aliphatic rings. The third kappa shape index (κ3) is 3.50. The van der Waals surface area contributed by atoms with Gasteiger partial charge in [0.25, 0.3) is 5.91 Å². The monoisotopic (exact) mass is 316 g/mol. The fraction of sp³-hybridized carbons (Fsp3) is 0.462. The van der Waals surface area contributed by atoms with Crippen LogP contribution in [0.5, 0.6) is 0 Å². The molecule has 0 bridgehead atoms. The molecule has 5 nitrogen and oxygen atoms in total. The van der Waals surface area contributed by atoms with E-state index < -0.39 is 10.0 Å². The lowest BCUT2D eigenvalue weighted by molar-refractivity contribution is 0.0749. The summed E-state index contributed by atoms with van der Waals surface area (Å²) in [6, 6.07) is 6.43. The van der Waals surface area contributed by atoms with Crippen molar-refractivity contribution in [3.8, 4) is 0 Å². The summed E-state index contributed by atoms with van der Waals surface area (Å²) in [5, 5.41) is 0.495. The van der Waals surface area contributed by atoms with Crippen LogP contribution < -0.4 is 4.72 Å². The van der Waals surface area contributed by atoms with Gasteiger partial charge in [-0.3, -0.25) is 4.79 Å². The Kier molecular flexibility index (Phi) is 4.67. The Hall–Kier alpha value is -1.11. The van der Waals surface area contributed by atoms with Gasteiger partial charge in [0.1, 0.15) is 0 Å². The largest absolute Gasteiger partial charge is 0.335 e. The van der Waals surface area contributed by atoms with Gasteiger partial charge in [-0.15, -0.1) is 0 Å². The van der Waals surface area contributed by atoms with E-state index in [-0.39, 0.29) is 17.7 Å². The third-order valence-electron chi connectivity index (χ3n) is 3.43. The van der Waals surface area contributed by atoms with Crippen molar-refractivity contribution in [1.29, 1.82) is 0 Å². The average molecular weight is 317 g/mol. The molecule has 0 spiro atoms. The van der Waals surface area contributed by atoms with Crippen LogP contribution in [0.4, 0.5) is 0 Å². The summed E-state index contributed by atoms with van der Waals surface area (Å²) in [5.41, 5.74) is 0.492. The van der Waals surface area contributed by atoms with Crippen molar-refractivity contribution in [2.45, 2.75) is 18.9 Å². The Morgan fingerprint density at radius 1 is 1.50 bits per heavy atom. The normalized spacial score (nSPS) is 19.3. The number of halogens is 1. The second-order valence-electron chi connectivity index (χ2n) is 4.79. The highest BCUT2D eigenvalue weighted by atomic mass is 35.5. The highest BCUT2D eigenvalue weighted by Crippen LogP contribution is 2.22. The van der Waals surface area contributed by atoms with E-state index in [0.29, 0.717) is 23.6 Å². The number of rotatable bonds is 4. The molecule has 1 amide bonds. The van der Waals surface area contributed by atoms with Gasteiger partial charge in [-0.25, -0.2) is 13.1 Å². The van der Waals surface area contributed by atoms with Crippen LogP contribution in [0.2, 0.25) is 5.02 Å². The second-order valence-corrected chi connectivity index (χ2v) is 7.20. The molecule has 1 aromatic rings. The molecule has 110 valence electrons. The predicted octanol–water partition coefficient (Wildman–Crippen LogP) is 1.49. The molecule has 0 aliphatic carbocycles. The number of benzene rings is 1. The number of carbonyl (C=O) groups excluding carboxylic acids is 1. The first kappa shape index (κ1) is 15.3. The van der Waals surface area contributed by atoms with Crippen molar-refractivity contribution in [3.63, 3.8) is 0 Å². The number of carbonyl (C=O) groups is 1. The zero-order valence-electron chi connectivity index (χ0n) is 11.2. The van der Waals surface area contributed by atoms with Crippen LogP contribution in [-0.2, 0) is 10.0 Å². The number of likely N-dealkylation sites (tertiary alicyclic amines) is 1. The number of hydrogen-bond donors (Lipinski definition) is 1. The molecule has 1 aromatic carbocycles. The first-order valence-electron chi connectivity index (χ1n) is 6.41. The predicted molar refractivity (Wildman–Crippen MR) is 78.4 cm³/mol. The topological polar surface area (TPSA) is 66.5 Å². The smallest absolute Gasteiger partial charge is 0.254 e. The Morgan fingerprint density at radius 2 is 2.25 bits per heavy atom. The molecule has 0 unspecified atom stereocenters. The van der Waals surface area contributed by atoms with Gasteiger partial charge >= 0.3 is 0 Å². The van der Waals surface area contributed by atoms with Crippen LogP contribution in [0, 0.1) is 0 Å². The quantitative estimate of drug-likeness (QED) is 0.915. The van der Waals surface area contributed by atoms with Crippen LogP contribution >= 0.6 is 11.6 Å². The van der Waals surface area contributed by atoms with Crippen molar-refractivity contribution in [1.82, 2.24) is 9.62 Å². The zero-order valence-corrected chi connectivity index (χ0v) is 12.7. The molecular weight excluding hydrogens is 300 g/mol. The number of hydrogen-bond acceptors (Lipinski definition) is 3. The molecule has 1 atom stereocenters. The third-order valence-corrected chi connectivity index (χ3v) is 5.11. The first-order valence-corrected chi connectivity index (χ1v) is 8.44. The van der Waals surface area contributed by atoms with Crippen molar-refractivity contribution in [3.05, 3.63) is 34.9 Å². The van der Waals surface area contributed by atoms with Gasteiger partial charge in [0, 0.05) is 23.2 Å². The summed E-state index contributed by atoms with van der Waals surface area (Å²) in [5.74, 6) is -0.225. The van der Waals surface area contributed by atoms with Gasteiger partial charge in [0.05, 0.1) is 5.75 Å². The lowest BCUT2D eigenvalue weighted by Crippen LogP contribution is -2.41. The molecule has 2 rings (SSSR count). The van der Waals surface area contributed by atoms with Crippen LogP contribution in [0.25, 0.3) is 0 Å². The molecule has 0 aromatic heterocycles. The van der Waals surface area contributed by atoms with Gasteiger partial charge < -0.3 is 4.90 Å². The number of sulfonamides is 1. The summed E-state index contributed by atoms with van der Waals surface area (Å²) in [6.45, 7) is 0.579. The fourth-order valence-electron chi connectivity index (χ4n) is 2.40. The lowest BCUT2D eigenvalue weighted by atomic mass is 10.2. The van der Waals surface area contributed by atoms with Crippen molar-refractivity contribution in [2.75, 3.05) is 19.3 Å². The fourth-order valence-corrected chi connectivity index (χ4v) is 3.61. The summed E-state index contributed by atoms with van der Waals surface area (Å²) in [7, 11) is -1.95. The van der Waals surface area contributed by atoms with E-state index in [1.165, 1.54) is 7.05 Å².